The van der Waals surface area contributed by atoms with Gasteiger partial charge in [-0.25, -0.2) is 0 Å². The van der Waals surface area contributed by atoms with Gasteiger partial charge in [-0.2, -0.15) is 0 Å². The second-order valence-electron chi connectivity index (χ2n) is 6.38. The van der Waals surface area contributed by atoms with Crippen LogP contribution in [0.25, 0.3) is 0 Å². The fraction of sp³-hybridized carbons (Fsp3) is 0.588. The summed E-state index contributed by atoms with van der Waals surface area (Å²) in [5, 5.41) is 0. The van der Waals surface area contributed by atoms with E-state index in [-0.39, 0.29) is 16.6 Å². The fourth-order valence-corrected chi connectivity index (χ4v) is 1.83. The van der Waals surface area contributed by atoms with Crippen LogP contribution in [0.15, 0.2) is 24.3 Å². The molecule has 100 valence electrons. The highest BCUT2D eigenvalue weighted by molar-refractivity contribution is 6.00. The van der Waals surface area contributed by atoms with Crippen LogP contribution >= 0.6 is 0 Å². The van der Waals surface area contributed by atoms with E-state index in [2.05, 4.69) is 39.8 Å². The monoisotopic (exact) mass is 246 g/mol. The topological polar surface area (TPSA) is 17.1 Å². The second kappa shape index (κ2) is 5.26. The quantitative estimate of drug-likeness (QED) is 0.669. The SMILES string of the molecule is CCC(C)(C)C(=O)c1ccc(C(C)(C)CC)cc1. The number of Topliss-reactive ketones (excluding diaryl/α,β-unsaturated/α-hetero) is 1. The van der Waals surface area contributed by atoms with Crippen LogP contribution in [-0.2, 0) is 5.41 Å². The van der Waals surface area contributed by atoms with Crippen molar-refractivity contribution in [1.29, 1.82) is 0 Å². The molecule has 0 aliphatic rings. The van der Waals surface area contributed by atoms with Crippen LogP contribution in [0.5, 0.6) is 0 Å². The van der Waals surface area contributed by atoms with Crippen molar-refractivity contribution in [2.24, 2.45) is 5.41 Å². The molecule has 0 heterocycles. The number of ketones is 1. The lowest BCUT2D eigenvalue weighted by atomic mass is 9.79. The van der Waals surface area contributed by atoms with Crippen molar-refractivity contribution in [1.82, 2.24) is 0 Å². The Bertz CT molecular complexity index is 410. The zero-order valence-corrected chi connectivity index (χ0v) is 12.6. The Morgan fingerprint density at radius 1 is 0.944 bits per heavy atom. The predicted octanol–water partition coefficient (Wildman–Crippen LogP) is 4.99. The molecular formula is C17H26O. The summed E-state index contributed by atoms with van der Waals surface area (Å²) < 4.78 is 0. The van der Waals surface area contributed by atoms with Gasteiger partial charge in [0, 0.05) is 11.0 Å². The molecule has 0 fully saturated rings. The van der Waals surface area contributed by atoms with Crippen LogP contribution in [0.2, 0.25) is 0 Å². The molecule has 1 aromatic carbocycles. The minimum absolute atomic E-state index is 0.182. The van der Waals surface area contributed by atoms with Gasteiger partial charge in [0.2, 0.25) is 0 Å². The Labute approximate surface area is 112 Å². The number of benzene rings is 1. The van der Waals surface area contributed by atoms with Crippen molar-refractivity contribution >= 4 is 5.78 Å². The lowest BCUT2D eigenvalue weighted by Gasteiger charge is -2.24. The lowest BCUT2D eigenvalue weighted by molar-refractivity contribution is 0.0833. The summed E-state index contributed by atoms with van der Waals surface area (Å²) in [5.74, 6) is 0.242. The largest absolute Gasteiger partial charge is 0.294 e. The molecule has 1 rings (SSSR count). The highest BCUT2D eigenvalue weighted by atomic mass is 16.1. The molecule has 0 atom stereocenters. The Morgan fingerprint density at radius 2 is 1.44 bits per heavy atom. The zero-order chi connectivity index (χ0) is 14.0. The van der Waals surface area contributed by atoms with E-state index < -0.39 is 0 Å². The Kier molecular flexibility index (Phi) is 4.37. The van der Waals surface area contributed by atoms with Crippen LogP contribution in [-0.4, -0.2) is 5.78 Å². The molecule has 0 unspecified atom stereocenters. The molecule has 1 aromatic rings. The van der Waals surface area contributed by atoms with Gasteiger partial charge < -0.3 is 0 Å². The first-order valence-corrected chi connectivity index (χ1v) is 6.90. The summed E-state index contributed by atoms with van der Waals surface area (Å²) in [7, 11) is 0. The van der Waals surface area contributed by atoms with E-state index in [0.717, 1.165) is 18.4 Å². The first-order chi connectivity index (χ1) is 8.24. The van der Waals surface area contributed by atoms with Crippen LogP contribution in [0, 0.1) is 5.41 Å². The first kappa shape index (κ1) is 14.9. The third kappa shape index (κ3) is 3.01. The molecule has 0 aliphatic heterocycles. The van der Waals surface area contributed by atoms with Gasteiger partial charge in [-0.3, -0.25) is 4.79 Å². The normalized spacial score (nSPS) is 12.6. The number of carbonyl (C=O) groups is 1. The highest BCUT2D eigenvalue weighted by Crippen LogP contribution is 2.29. The maximum Gasteiger partial charge on any atom is 0.168 e. The summed E-state index contributed by atoms with van der Waals surface area (Å²) >= 11 is 0. The molecular weight excluding hydrogens is 220 g/mol. The average Bonchev–Trinajstić information content (AvgIpc) is 2.38. The average molecular weight is 246 g/mol. The Hall–Kier alpha value is -1.11. The number of hydrogen-bond donors (Lipinski definition) is 0. The van der Waals surface area contributed by atoms with Gasteiger partial charge in [0.25, 0.3) is 0 Å². The van der Waals surface area contributed by atoms with E-state index >= 15 is 0 Å². The molecule has 1 heteroatoms. The van der Waals surface area contributed by atoms with Gasteiger partial charge in [-0.15, -0.1) is 0 Å². The molecule has 0 spiro atoms. The van der Waals surface area contributed by atoms with Crippen LogP contribution < -0.4 is 0 Å². The standard InChI is InChI=1S/C17H26O/c1-7-16(3,4)14-11-9-13(10-12-14)15(18)17(5,6)8-2/h9-12H,7-8H2,1-6H3. The molecule has 0 aliphatic carbocycles. The second-order valence-corrected chi connectivity index (χ2v) is 6.38. The van der Waals surface area contributed by atoms with E-state index in [1.165, 1.54) is 5.56 Å². The molecule has 0 radical (unpaired) electrons. The summed E-state index contributed by atoms with van der Waals surface area (Å²) in [6, 6.07) is 8.16. The van der Waals surface area contributed by atoms with Gasteiger partial charge in [0.15, 0.2) is 5.78 Å². The molecule has 0 amide bonds. The van der Waals surface area contributed by atoms with Gasteiger partial charge in [0.1, 0.15) is 0 Å². The van der Waals surface area contributed by atoms with E-state index in [0.29, 0.717) is 0 Å². The van der Waals surface area contributed by atoms with Crippen molar-refractivity contribution in [2.75, 3.05) is 0 Å². The van der Waals surface area contributed by atoms with Gasteiger partial charge in [-0.1, -0.05) is 65.8 Å². The summed E-state index contributed by atoms with van der Waals surface area (Å²) in [4.78, 5) is 12.3. The molecule has 0 saturated carbocycles. The predicted molar refractivity (Wildman–Crippen MR) is 78.2 cm³/mol. The van der Waals surface area contributed by atoms with E-state index in [1.54, 1.807) is 0 Å². The zero-order valence-electron chi connectivity index (χ0n) is 12.6. The van der Waals surface area contributed by atoms with Crippen LogP contribution in [0.4, 0.5) is 0 Å². The van der Waals surface area contributed by atoms with Gasteiger partial charge in [-0.05, 0) is 23.8 Å². The molecule has 0 bridgehead atoms. The van der Waals surface area contributed by atoms with Crippen molar-refractivity contribution in [3.63, 3.8) is 0 Å². The molecule has 0 saturated heterocycles. The molecule has 0 aromatic heterocycles. The Balaban J connectivity index is 3.01. The Morgan fingerprint density at radius 3 is 1.83 bits per heavy atom. The maximum atomic E-state index is 12.3. The summed E-state index contributed by atoms with van der Waals surface area (Å²) in [6.07, 6.45) is 1.97. The number of hydrogen-bond acceptors (Lipinski definition) is 1. The lowest BCUT2D eigenvalue weighted by Crippen LogP contribution is -2.23. The molecule has 0 N–H and O–H groups in total. The van der Waals surface area contributed by atoms with E-state index in [9.17, 15) is 4.79 Å². The number of rotatable bonds is 5. The maximum absolute atomic E-state index is 12.3. The first-order valence-electron chi connectivity index (χ1n) is 6.90. The molecule has 18 heavy (non-hydrogen) atoms. The minimum Gasteiger partial charge on any atom is -0.294 e. The fourth-order valence-electron chi connectivity index (χ4n) is 1.83. The highest BCUT2D eigenvalue weighted by Gasteiger charge is 2.27. The minimum atomic E-state index is -0.262. The third-order valence-electron chi connectivity index (χ3n) is 4.31. The number of carbonyl (C=O) groups excluding carboxylic acids is 1. The van der Waals surface area contributed by atoms with Gasteiger partial charge >= 0.3 is 0 Å². The van der Waals surface area contributed by atoms with Crippen LogP contribution in [0.3, 0.4) is 0 Å². The third-order valence-corrected chi connectivity index (χ3v) is 4.31. The summed E-state index contributed by atoms with van der Waals surface area (Å²) in [5.41, 5.74) is 2.05. The smallest absolute Gasteiger partial charge is 0.168 e. The van der Waals surface area contributed by atoms with Crippen molar-refractivity contribution in [3.05, 3.63) is 35.4 Å². The van der Waals surface area contributed by atoms with Crippen molar-refractivity contribution in [2.45, 2.75) is 59.8 Å². The van der Waals surface area contributed by atoms with Gasteiger partial charge in [0.05, 0.1) is 0 Å². The van der Waals surface area contributed by atoms with Crippen molar-refractivity contribution < 1.29 is 4.79 Å². The summed E-state index contributed by atoms with van der Waals surface area (Å²) in [6.45, 7) is 12.8. The van der Waals surface area contributed by atoms with Crippen molar-refractivity contribution in [3.8, 4) is 0 Å². The van der Waals surface area contributed by atoms with Crippen LogP contribution in [0.1, 0.15) is 70.3 Å². The molecule has 1 nitrogen and oxygen atoms in total. The van der Waals surface area contributed by atoms with E-state index in [4.69, 9.17) is 0 Å². The van der Waals surface area contributed by atoms with E-state index in [1.807, 2.05) is 26.0 Å².